The van der Waals surface area contributed by atoms with Crippen LogP contribution in [0.4, 0.5) is 4.79 Å². The van der Waals surface area contributed by atoms with Gasteiger partial charge in [-0.1, -0.05) is 13.3 Å². The summed E-state index contributed by atoms with van der Waals surface area (Å²) in [6.07, 6.45) is 2.00. The molecule has 0 aliphatic carbocycles. The van der Waals surface area contributed by atoms with Crippen LogP contribution in [0.3, 0.4) is 0 Å². The molecule has 0 spiro atoms. The number of carbonyl (C=O) groups excluding carboxylic acids is 2. The van der Waals surface area contributed by atoms with Crippen molar-refractivity contribution in [1.82, 2.24) is 10.6 Å². The first-order chi connectivity index (χ1) is 6.91. The minimum Gasteiger partial charge on any atom is -0.333 e. The van der Waals surface area contributed by atoms with Crippen LogP contribution < -0.4 is 10.6 Å². The fourth-order valence-corrected chi connectivity index (χ4v) is 1.47. The van der Waals surface area contributed by atoms with Crippen LogP contribution in [0.25, 0.3) is 0 Å². The lowest BCUT2D eigenvalue weighted by Gasteiger charge is -2.25. The summed E-state index contributed by atoms with van der Waals surface area (Å²) in [6, 6.07) is -0.455. The normalized spacial score (nSPS) is 10.9. The molecule has 5 heteroatoms. The van der Waals surface area contributed by atoms with Crippen LogP contribution in [0, 0.1) is 0 Å². The third-order valence-corrected chi connectivity index (χ3v) is 2.09. The summed E-state index contributed by atoms with van der Waals surface area (Å²) in [7, 11) is 0. The number of amides is 3. The summed E-state index contributed by atoms with van der Waals surface area (Å²) < 4.78 is 0. The molecule has 0 heterocycles. The zero-order valence-electron chi connectivity index (χ0n) is 9.52. The van der Waals surface area contributed by atoms with Crippen molar-refractivity contribution in [3.8, 4) is 0 Å². The van der Waals surface area contributed by atoms with Gasteiger partial charge in [0, 0.05) is 17.8 Å². The summed E-state index contributed by atoms with van der Waals surface area (Å²) in [5.41, 5.74) is -0.292. The number of rotatable bonds is 5. The molecule has 0 aromatic carbocycles. The van der Waals surface area contributed by atoms with Gasteiger partial charge in [0.2, 0.25) is 5.91 Å². The van der Waals surface area contributed by atoms with Gasteiger partial charge in [0.1, 0.15) is 0 Å². The fraction of sp³-hybridized carbons (Fsp3) is 0.800. The Hall–Kier alpha value is -0.770. The Morgan fingerprint density at radius 1 is 1.33 bits per heavy atom. The molecule has 0 aromatic heterocycles. The number of halogens is 1. The van der Waals surface area contributed by atoms with Crippen molar-refractivity contribution in [1.29, 1.82) is 0 Å². The zero-order chi connectivity index (χ0) is 11.9. The van der Waals surface area contributed by atoms with Crippen molar-refractivity contribution in [3.05, 3.63) is 0 Å². The summed E-state index contributed by atoms with van der Waals surface area (Å²) in [6.45, 7) is 5.88. The molecule has 4 nitrogen and oxygen atoms in total. The average Bonchev–Trinajstić information content (AvgIpc) is 2.01. The Balaban J connectivity index is 3.97. The van der Waals surface area contributed by atoms with E-state index in [2.05, 4.69) is 10.6 Å². The smallest absolute Gasteiger partial charge is 0.321 e. The number of nitrogens with one attached hydrogen (secondary N) is 2. The highest BCUT2D eigenvalue weighted by Crippen LogP contribution is 2.09. The van der Waals surface area contributed by atoms with Crippen molar-refractivity contribution in [3.63, 3.8) is 0 Å². The van der Waals surface area contributed by atoms with Crippen LogP contribution >= 0.6 is 11.6 Å². The Morgan fingerprint density at radius 2 is 1.93 bits per heavy atom. The minimum atomic E-state index is -0.455. The maximum absolute atomic E-state index is 11.3. The van der Waals surface area contributed by atoms with Crippen molar-refractivity contribution >= 4 is 23.5 Å². The summed E-state index contributed by atoms with van der Waals surface area (Å²) >= 11 is 5.37. The first-order valence-electron chi connectivity index (χ1n) is 5.09. The van der Waals surface area contributed by atoms with E-state index >= 15 is 0 Å². The van der Waals surface area contributed by atoms with E-state index in [1.165, 1.54) is 0 Å². The fourth-order valence-electron chi connectivity index (χ4n) is 1.30. The van der Waals surface area contributed by atoms with E-state index in [9.17, 15) is 9.59 Å². The molecule has 0 aromatic rings. The standard InChI is InChI=1S/C10H19ClN2O2/c1-4-6-10(2,3)13-9(15)12-8(14)5-7-11/h4-7H2,1-3H3,(H2,12,13,14,15). The lowest BCUT2D eigenvalue weighted by Crippen LogP contribution is -2.49. The molecule has 0 aliphatic rings. The highest BCUT2D eigenvalue weighted by atomic mass is 35.5. The topological polar surface area (TPSA) is 58.2 Å². The molecule has 0 saturated carbocycles. The zero-order valence-corrected chi connectivity index (χ0v) is 10.3. The molecule has 0 aliphatic heterocycles. The van der Waals surface area contributed by atoms with Gasteiger partial charge in [-0.3, -0.25) is 10.1 Å². The molecule has 0 rings (SSSR count). The van der Waals surface area contributed by atoms with Crippen LogP contribution in [0.15, 0.2) is 0 Å². The second-order valence-corrected chi connectivity index (χ2v) is 4.45. The number of carbonyl (C=O) groups is 2. The largest absolute Gasteiger partial charge is 0.333 e. The summed E-state index contributed by atoms with van der Waals surface area (Å²) in [4.78, 5) is 22.4. The first kappa shape index (κ1) is 14.2. The lowest BCUT2D eigenvalue weighted by atomic mass is 9.99. The maximum Gasteiger partial charge on any atom is 0.321 e. The van der Waals surface area contributed by atoms with E-state index in [0.717, 1.165) is 12.8 Å². The van der Waals surface area contributed by atoms with E-state index in [1.807, 2.05) is 20.8 Å². The van der Waals surface area contributed by atoms with Gasteiger partial charge in [0.15, 0.2) is 0 Å². The predicted molar refractivity (Wildman–Crippen MR) is 61.0 cm³/mol. The highest BCUT2D eigenvalue weighted by Gasteiger charge is 2.19. The molecule has 0 radical (unpaired) electrons. The van der Waals surface area contributed by atoms with Crippen LogP contribution in [0.2, 0.25) is 0 Å². The maximum atomic E-state index is 11.3. The van der Waals surface area contributed by atoms with Crippen molar-refractivity contribution in [2.24, 2.45) is 0 Å². The molecule has 88 valence electrons. The number of urea groups is 1. The monoisotopic (exact) mass is 234 g/mol. The molecule has 0 fully saturated rings. The third kappa shape index (κ3) is 7.19. The van der Waals surface area contributed by atoms with Gasteiger partial charge >= 0.3 is 6.03 Å². The van der Waals surface area contributed by atoms with Crippen molar-refractivity contribution < 1.29 is 9.59 Å². The van der Waals surface area contributed by atoms with E-state index in [1.54, 1.807) is 0 Å². The van der Waals surface area contributed by atoms with Crippen molar-refractivity contribution in [2.45, 2.75) is 45.6 Å². The Bertz CT molecular complexity index is 229. The molecule has 0 saturated heterocycles. The lowest BCUT2D eigenvalue weighted by molar-refractivity contribution is -0.119. The van der Waals surface area contributed by atoms with Crippen molar-refractivity contribution in [2.75, 3.05) is 5.88 Å². The van der Waals surface area contributed by atoms with E-state index in [4.69, 9.17) is 11.6 Å². The van der Waals surface area contributed by atoms with E-state index < -0.39 is 6.03 Å². The Kier molecular flexibility index (Phi) is 6.32. The third-order valence-electron chi connectivity index (χ3n) is 1.90. The minimum absolute atomic E-state index is 0.156. The molecule has 0 unspecified atom stereocenters. The van der Waals surface area contributed by atoms with Gasteiger partial charge in [-0.15, -0.1) is 11.6 Å². The number of alkyl halides is 1. The molecular weight excluding hydrogens is 216 g/mol. The SMILES string of the molecule is CCCC(C)(C)NC(=O)NC(=O)CCCl. The quantitative estimate of drug-likeness (QED) is 0.715. The van der Waals surface area contributed by atoms with Gasteiger partial charge in [-0.25, -0.2) is 4.79 Å². The van der Waals surface area contributed by atoms with Gasteiger partial charge < -0.3 is 5.32 Å². The highest BCUT2D eigenvalue weighted by molar-refractivity contribution is 6.19. The van der Waals surface area contributed by atoms with Gasteiger partial charge in [-0.2, -0.15) is 0 Å². The van der Waals surface area contributed by atoms with Gasteiger partial charge in [0.05, 0.1) is 0 Å². The molecule has 0 bridgehead atoms. The molecule has 15 heavy (non-hydrogen) atoms. The first-order valence-corrected chi connectivity index (χ1v) is 5.62. The number of hydrogen-bond donors (Lipinski definition) is 2. The average molecular weight is 235 g/mol. The molecule has 0 atom stereocenters. The van der Waals surface area contributed by atoms with Gasteiger partial charge in [0.25, 0.3) is 0 Å². The second-order valence-electron chi connectivity index (χ2n) is 4.08. The number of imide groups is 1. The molecule has 2 N–H and O–H groups in total. The predicted octanol–water partition coefficient (Wildman–Crippen LogP) is 2.02. The van der Waals surface area contributed by atoms with Crippen LogP contribution in [-0.4, -0.2) is 23.4 Å². The Labute approximate surface area is 95.7 Å². The van der Waals surface area contributed by atoms with E-state index in [-0.39, 0.29) is 23.7 Å². The van der Waals surface area contributed by atoms with Crippen LogP contribution in [0.1, 0.15) is 40.0 Å². The number of hydrogen-bond acceptors (Lipinski definition) is 2. The van der Waals surface area contributed by atoms with Crippen LogP contribution in [-0.2, 0) is 4.79 Å². The summed E-state index contributed by atoms with van der Waals surface area (Å²) in [5, 5.41) is 4.95. The van der Waals surface area contributed by atoms with Gasteiger partial charge in [-0.05, 0) is 20.3 Å². The molecular formula is C10H19ClN2O2. The van der Waals surface area contributed by atoms with E-state index in [0.29, 0.717) is 0 Å². The summed E-state index contributed by atoms with van der Waals surface area (Å²) in [5.74, 6) is -0.132. The molecule has 3 amide bonds. The van der Waals surface area contributed by atoms with Crippen LogP contribution in [0.5, 0.6) is 0 Å². The Morgan fingerprint density at radius 3 is 2.40 bits per heavy atom. The second kappa shape index (κ2) is 6.67.